The molecule has 20 heavy (non-hydrogen) atoms. The summed E-state index contributed by atoms with van der Waals surface area (Å²) >= 11 is 3.20. The number of carbonyl (C=O) groups is 1. The summed E-state index contributed by atoms with van der Waals surface area (Å²) in [6.45, 7) is 2.44. The van der Waals surface area contributed by atoms with Gasteiger partial charge in [0.1, 0.15) is 0 Å². The Morgan fingerprint density at radius 3 is 2.55 bits per heavy atom. The summed E-state index contributed by atoms with van der Waals surface area (Å²) < 4.78 is 23.5. The second-order valence-corrected chi connectivity index (χ2v) is 7.60. The molecule has 0 aromatic heterocycles. The van der Waals surface area contributed by atoms with Crippen LogP contribution in [0.2, 0.25) is 0 Å². The van der Waals surface area contributed by atoms with E-state index in [2.05, 4.69) is 15.9 Å². The number of nitrogens with two attached hydrogens (primary N) is 1. The van der Waals surface area contributed by atoms with Crippen LogP contribution in [-0.2, 0) is 10.0 Å². The molecule has 110 valence electrons. The number of sulfonamides is 1. The Bertz CT molecular complexity index is 654. The second kappa shape index (κ2) is 5.46. The number of amides is 1. The lowest BCUT2D eigenvalue weighted by molar-refractivity contribution is 0.0788. The van der Waals surface area contributed by atoms with Gasteiger partial charge >= 0.3 is 0 Å². The molecular weight excluding hydrogens is 344 g/mol. The molecule has 1 amide bonds. The fourth-order valence-electron chi connectivity index (χ4n) is 2.06. The summed E-state index contributed by atoms with van der Waals surface area (Å²) in [7, 11) is -2.14. The minimum Gasteiger partial charge on any atom is -0.341 e. The van der Waals surface area contributed by atoms with Crippen LogP contribution in [0, 0.1) is 12.8 Å². The SMILES string of the molecule is Cc1cc(C(=O)N(C)CC2CC2)cc(S(N)(=O)=O)c1Br. The third-order valence-electron chi connectivity index (χ3n) is 3.35. The van der Waals surface area contributed by atoms with Gasteiger partial charge in [0.15, 0.2) is 0 Å². The molecule has 7 heteroatoms. The lowest BCUT2D eigenvalue weighted by Crippen LogP contribution is -2.29. The molecule has 1 aromatic rings. The molecule has 0 atom stereocenters. The molecule has 0 heterocycles. The normalized spacial score (nSPS) is 15.2. The van der Waals surface area contributed by atoms with E-state index in [9.17, 15) is 13.2 Å². The third-order valence-corrected chi connectivity index (χ3v) is 5.60. The maximum absolute atomic E-state index is 12.3. The first-order valence-electron chi connectivity index (χ1n) is 6.28. The van der Waals surface area contributed by atoms with Gasteiger partial charge in [-0.3, -0.25) is 4.79 Å². The summed E-state index contributed by atoms with van der Waals surface area (Å²) in [5.41, 5.74) is 1.01. The van der Waals surface area contributed by atoms with Crippen molar-refractivity contribution >= 4 is 31.9 Å². The highest BCUT2D eigenvalue weighted by atomic mass is 79.9. The molecule has 0 radical (unpaired) electrons. The fraction of sp³-hybridized carbons (Fsp3) is 0.462. The zero-order valence-electron chi connectivity index (χ0n) is 11.4. The quantitative estimate of drug-likeness (QED) is 0.889. The summed E-state index contributed by atoms with van der Waals surface area (Å²) in [5.74, 6) is 0.399. The van der Waals surface area contributed by atoms with E-state index < -0.39 is 10.0 Å². The minimum absolute atomic E-state index is 0.0549. The first-order valence-corrected chi connectivity index (χ1v) is 8.62. The Morgan fingerprint density at radius 1 is 1.45 bits per heavy atom. The Balaban J connectivity index is 2.36. The summed E-state index contributed by atoms with van der Waals surface area (Å²) in [6.07, 6.45) is 2.30. The van der Waals surface area contributed by atoms with Crippen molar-refractivity contribution in [2.24, 2.45) is 11.1 Å². The first kappa shape index (κ1) is 15.5. The van der Waals surface area contributed by atoms with Gasteiger partial charge in [-0.15, -0.1) is 0 Å². The van der Waals surface area contributed by atoms with Crippen LogP contribution in [-0.4, -0.2) is 32.8 Å². The van der Waals surface area contributed by atoms with E-state index in [1.165, 1.54) is 6.07 Å². The molecular formula is C13H17BrN2O3S. The third kappa shape index (κ3) is 3.39. The molecule has 1 aliphatic carbocycles. The Morgan fingerprint density at radius 2 is 2.05 bits per heavy atom. The number of benzene rings is 1. The van der Waals surface area contributed by atoms with Gasteiger partial charge < -0.3 is 4.90 Å². The molecule has 1 aromatic carbocycles. The van der Waals surface area contributed by atoms with Crippen molar-refractivity contribution in [3.63, 3.8) is 0 Å². The van der Waals surface area contributed by atoms with Crippen LogP contribution >= 0.6 is 15.9 Å². The van der Waals surface area contributed by atoms with Gasteiger partial charge in [0.05, 0.1) is 4.90 Å². The van der Waals surface area contributed by atoms with E-state index in [0.29, 0.717) is 28.1 Å². The smallest absolute Gasteiger partial charge is 0.253 e. The van der Waals surface area contributed by atoms with Gasteiger partial charge in [0.25, 0.3) is 5.91 Å². The van der Waals surface area contributed by atoms with E-state index >= 15 is 0 Å². The largest absolute Gasteiger partial charge is 0.341 e. The molecule has 0 unspecified atom stereocenters. The van der Waals surface area contributed by atoms with Crippen LogP contribution < -0.4 is 5.14 Å². The molecule has 0 bridgehead atoms. The molecule has 1 fully saturated rings. The standard InChI is InChI=1S/C13H17BrN2O3S/c1-8-5-10(6-11(12(8)14)20(15,18)19)13(17)16(2)7-9-3-4-9/h5-6,9H,3-4,7H2,1-2H3,(H2,15,18,19). The Hall–Kier alpha value is -0.920. The van der Waals surface area contributed by atoms with Crippen LogP contribution in [0.4, 0.5) is 0 Å². The summed E-state index contributed by atoms with van der Waals surface area (Å²) in [4.78, 5) is 13.9. The van der Waals surface area contributed by atoms with E-state index in [-0.39, 0.29) is 10.8 Å². The van der Waals surface area contributed by atoms with E-state index in [4.69, 9.17) is 5.14 Å². The molecule has 0 saturated heterocycles. The predicted molar refractivity (Wildman–Crippen MR) is 79.9 cm³/mol. The zero-order chi connectivity index (χ0) is 15.1. The van der Waals surface area contributed by atoms with Crippen molar-refractivity contribution in [1.29, 1.82) is 0 Å². The fourth-order valence-corrected chi connectivity index (χ4v) is 3.67. The van der Waals surface area contributed by atoms with E-state index in [0.717, 1.165) is 12.8 Å². The van der Waals surface area contributed by atoms with Crippen LogP contribution in [0.1, 0.15) is 28.8 Å². The van der Waals surface area contributed by atoms with Crippen molar-refractivity contribution < 1.29 is 13.2 Å². The van der Waals surface area contributed by atoms with Crippen LogP contribution in [0.25, 0.3) is 0 Å². The molecule has 1 aliphatic rings. The predicted octanol–water partition coefficient (Wildman–Crippen LogP) is 1.89. The molecule has 2 rings (SSSR count). The molecule has 0 aliphatic heterocycles. The molecule has 2 N–H and O–H groups in total. The van der Waals surface area contributed by atoms with Gasteiger partial charge in [0, 0.05) is 23.6 Å². The maximum atomic E-state index is 12.3. The van der Waals surface area contributed by atoms with Gasteiger partial charge in [-0.05, 0) is 59.3 Å². The lowest BCUT2D eigenvalue weighted by Gasteiger charge is -2.18. The number of hydrogen-bond donors (Lipinski definition) is 1. The van der Waals surface area contributed by atoms with Gasteiger partial charge in [-0.1, -0.05) is 0 Å². The number of aryl methyl sites for hydroxylation is 1. The highest BCUT2D eigenvalue weighted by Crippen LogP contribution is 2.30. The highest BCUT2D eigenvalue weighted by Gasteiger charge is 2.26. The summed E-state index contributed by atoms with van der Waals surface area (Å²) in [5, 5.41) is 5.18. The average molecular weight is 361 g/mol. The van der Waals surface area contributed by atoms with Crippen LogP contribution in [0.3, 0.4) is 0 Å². The van der Waals surface area contributed by atoms with Gasteiger partial charge in [-0.2, -0.15) is 0 Å². The number of carbonyl (C=O) groups excluding carboxylic acids is 1. The maximum Gasteiger partial charge on any atom is 0.253 e. The summed E-state index contributed by atoms with van der Waals surface area (Å²) in [6, 6.07) is 3.00. The van der Waals surface area contributed by atoms with E-state index in [1.54, 1.807) is 24.9 Å². The number of nitrogens with zero attached hydrogens (tertiary/aromatic N) is 1. The van der Waals surface area contributed by atoms with Crippen molar-refractivity contribution in [2.75, 3.05) is 13.6 Å². The molecule has 1 saturated carbocycles. The van der Waals surface area contributed by atoms with Crippen molar-refractivity contribution in [1.82, 2.24) is 4.90 Å². The van der Waals surface area contributed by atoms with Crippen molar-refractivity contribution in [3.05, 3.63) is 27.7 Å². The van der Waals surface area contributed by atoms with Gasteiger partial charge in [0.2, 0.25) is 10.0 Å². The lowest BCUT2D eigenvalue weighted by atomic mass is 10.1. The molecule has 5 nitrogen and oxygen atoms in total. The Labute approximate surface area is 127 Å². The minimum atomic E-state index is -3.87. The number of primary sulfonamides is 1. The van der Waals surface area contributed by atoms with Crippen LogP contribution in [0.5, 0.6) is 0 Å². The zero-order valence-corrected chi connectivity index (χ0v) is 13.8. The second-order valence-electron chi connectivity index (χ2n) is 5.28. The number of halogens is 1. The average Bonchev–Trinajstić information content (AvgIpc) is 3.13. The monoisotopic (exact) mass is 360 g/mol. The van der Waals surface area contributed by atoms with Gasteiger partial charge in [-0.25, -0.2) is 13.6 Å². The van der Waals surface area contributed by atoms with Crippen LogP contribution in [0.15, 0.2) is 21.5 Å². The topological polar surface area (TPSA) is 80.5 Å². The molecule has 0 spiro atoms. The number of hydrogen-bond acceptors (Lipinski definition) is 3. The van der Waals surface area contributed by atoms with Crippen molar-refractivity contribution in [3.8, 4) is 0 Å². The number of rotatable bonds is 4. The first-order chi connectivity index (χ1) is 9.20. The van der Waals surface area contributed by atoms with E-state index in [1.807, 2.05) is 0 Å². The Kier molecular flexibility index (Phi) is 4.22. The highest BCUT2D eigenvalue weighted by molar-refractivity contribution is 9.10. The van der Waals surface area contributed by atoms with Crippen molar-refractivity contribution in [2.45, 2.75) is 24.7 Å².